The van der Waals surface area contributed by atoms with Crippen molar-refractivity contribution in [3.8, 4) is 0 Å². The van der Waals surface area contributed by atoms with Gasteiger partial charge in [-0.2, -0.15) is 0 Å². The Morgan fingerprint density at radius 2 is 1.78 bits per heavy atom. The van der Waals surface area contributed by atoms with E-state index in [0.717, 1.165) is 21.3 Å². The van der Waals surface area contributed by atoms with Gasteiger partial charge < -0.3 is 5.32 Å². The number of hydrogen-bond donors (Lipinski definition) is 1. The molecular weight excluding hydrogens is 384 g/mol. The Kier molecular flexibility index (Phi) is 5.39. The van der Waals surface area contributed by atoms with Crippen LogP contribution in [-0.2, 0) is 14.8 Å². The van der Waals surface area contributed by atoms with Gasteiger partial charge in [-0.05, 0) is 42.1 Å². The third-order valence-corrected chi connectivity index (χ3v) is 5.54. The molecule has 0 atom stereocenters. The topological polar surface area (TPSA) is 66.5 Å². The van der Waals surface area contributed by atoms with Crippen LogP contribution in [0.1, 0.15) is 5.56 Å². The first-order chi connectivity index (χ1) is 12.8. The van der Waals surface area contributed by atoms with Gasteiger partial charge in [0.05, 0.1) is 11.9 Å². The summed E-state index contributed by atoms with van der Waals surface area (Å²) >= 11 is 5.96. The third kappa shape index (κ3) is 4.40. The van der Waals surface area contributed by atoms with E-state index in [1.807, 2.05) is 36.4 Å². The predicted molar refractivity (Wildman–Crippen MR) is 111 cm³/mol. The summed E-state index contributed by atoms with van der Waals surface area (Å²) in [7, 11) is -3.65. The monoisotopic (exact) mass is 402 g/mol. The van der Waals surface area contributed by atoms with Crippen molar-refractivity contribution in [3.05, 3.63) is 71.2 Å². The number of benzene rings is 3. The van der Waals surface area contributed by atoms with Crippen LogP contribution in [0, 0.1) is 6.92 Å². The van der Waals surface area contributed by atoms with Gasteiger partial charge in [-0.1, -0.05) is 48.0 Å². The van der Waals surface area contributed by atoms with E-state index < -0.39 is 15.9 Å². The Morgan fingerprint density at radius 1 is 1.07 bits per heavy atom. The molecule has 3 aromatic carbocycles. The second-order valence-electron chi connectivity index (χ2n) is 6.28. The van der Waals surface area contributed by atoms with Gasteiger partial charge in [0.1, 0.15) is 6.54 Å². The molecule has 0 spiro atoms. The zero-order valence-corrected chi connectivity index (χ0v) is 16.5. The lowest BCUT2D eigenvalue weighted by Gasteiger charge is -2.24. The van der Waals surface area contributed by atoms with Crippen LogP contribution < -0.4 is 9.62 Å². The van der Waals surface area contributed by atoms with Gasteiger partial charge >= 0.3 is 0 Å². The van der Waals surface area contributed by atoms with Crippen LogP contribution in [0.15, 0.2) is 60.7 Å². The molecule has 0 bridgehead atoms. The fourth-order valence-corrected chi connectivity index (χ4v) is 4.07. The van der Waals surface area contributed by atoms with E-state index in [4.69, 9.17) is 11.6 Å². The normalized spacial score (nSPS) is 11.4. The number of carbonyl (C=O) groups excluding carboxylic acids is 1. The number of carbonyl (C=O) groups is 1. The van der Waals surface area contributed by atoms with E-state index in [1.54, 1.807) is 31.2 Å². The number of nitrogens with zero attached hydrogens (tertiary/aromatic N) is 1. The third-order valence-electron chi connectivity index (χ3n) is 4.18. The lowest BCUT2D eigenvalue weighted by atomic mass is 10.1. The number of rotatable bonds is 5. The first kappa shape index (κ1) is 19.2. The van der Waals surface area contributed by atoms with Gasteiger partial charge in [0.15, 0.2) is 0 Å². The summed E-state index contributed by atoms with van der Waals surface area (Å²) in [5.41, 5.74) is 1.74. The minimum Gasteiger partial charge on any atom is -0.324 e. The fourth-order valence-electron chi connectivity index (χ4n) is 2.93. The molecule has 0 saturated carbocycles. The van der Waals surface area contributed by atoms with Crippen LogP contribution >= 0.6 is 11.6 Å². The summed E-state index contributed by atoms with van der Waals surface area (Å²) in [6.45, 7) is 1.42. The van der Waals surface area contributed by atoms with E-state index in [9.17, 15) is 13.2 Å². The molecule has 0 aliphatic rings. The summed E-state index contributed by atoms with van der Waals surface area (Å²) in [5, 5.41) is 5.20. The van der Waals surface area contributed by atoms with Gasteiger partial charge in [0.25, 0.3) is 0 Å². The largest absolute Gasteiger partial charge is 0.324 e. The first-order valence-electron chi connectivity index (χ1n) is 8.27. The molecule has 0 unspecified atom stereocenters. The number of sulfonamides is 1. The maximum absolute atomic E-state index is 12.6. The van der Waals surface area contributed by atoms with Crippen molar-refractivity contribution < 1.29 is 13.2 Å². The molecule has 0 aliphatic heterocycles. The van der Waals surface area contributed by atoms with Crippen LogP contribution in [0.25, 0.3) is 10.8 Å². The van der Waals surface area contributed by atoms with Crippen LogP contribution in [-0.4, -0.2) is 27.1 Å². The van der Waals surface area contributed by atoms with Gasteiger partial charge in [0.2, 0.25) is 15.9 Å². The van der Waals surface area contributed by atoms with E-state index in [-0.39, 0.29) is 6.54 Å². The Bertz CT molecular complexity index is 1110. The Morgan fingerprint density at radius 3 is 2.48 bits per heavy atom. The number of nitrogens with one attached hydrogen (secondary N) is 1. The molecule has 0 saturated heterocycles. The van der Waals surface area contributed by atoms with Crippen LogP contribution in [0.4, 0.5) is 11.4 Å². The smallest absolute Gasteiger partial charge is 0.245 e. The maximum Gasteiger partial charge on any atom is 0.245 e. The van der Waals surface area contributed by atoms with Crippen molar-refractivity contribution in [3.63, 3.8) is 0 Å². The van der Waals surface area contributed by atoms with Crippen molar-refractivity contribution in [2.75, 3.05) is 22.4 Å². The lowest BCUT2D eigenvalue weighted by molar-refractivity contribution is -0.114. The van der Waals surface area contributed by atoms with Gasteiger partial charge in [0, 0.05) is 16.1 Å². The fraction of sp³-hybridized carbons (Fsp3) is 0.150. The molecular formula is C20H19ClN2O3S. The van der Waals surface area contributed by atoms with Gasteiger partial charge in [-0.3, -0.25) is 9.10 Å². The Labute approximate surface area is 163 Å². The highest BCUT2D eigenvalue weighted by Crippen LogP contribution is 2.26. The predicted octanol–water partition coefficient (Wildman–Crippen LogP) is 4.21. The average Bonchev–Trinajstić information content (AvgIpc) is 2.60. The second kappa shape index (κ2) is 7.58. The van der Waals surface area contributed by atoms with Crippen LogP contribution in [0.3, 0.4) is 0 Å². The van der Waals surface area contributed by atoms with Crippen molar-refractivity contribution in [1.82, 2.24) is 0 Å². The molecule has 0 heterocycles. The lowest BCUT2D eigenvalue weighted by Crippen LogP contribution is -2.37. The molecule has 1 amide bonds. The summed E-state index contributed by atoms with van der Waals surface area (Å²) < 4.78 is 25.6. The number of fused-ring (bicyclic) bond motifs is 1. The molecule has 0 aliphatic carbocycles. The summed E-state index contributed by atoms with van der Waals surface area (Å²) in [6, 6.07) is 18.1. The Balaban J connectivity index is 1.89. The molecule has 0 radical (unpaired) electrons. The highest BCUT2D eigenvalue weighted by Gasteiger charge is 2.22. The minimum absolute atomic E-state index is 0.329. The summed E-state index contributed by atoms with van der Waals surface area (Å²) in [4.78, 5) is 12.6. The highest BCUT2D eigenvalue weighted by atomic mass is 35.5. The van der Waals surface area contributed by atoms with Crippen molar-refractivity contribution >= 4 is 49.7 Å². The zero-order valence-electron chi connectivity index (χ0n) is 14.9. The quantitative estimate of drug-likeness (QED) is 0.695. The standard InChI is InChI=1S/C20H19ClN2O3S/c1-14-12-16(21)10-11-19(14)23(27(2,25)26)13-20(24)22-18-9-5-7-15-6-3-4-8-17(15)18/h3-12H,13H2,1-2H3,(H,22,24). The second-order valence-corrected chi connectivity index (χ2v) is 8.62. The zero-order chi connectivity index (χ0) is 19.6. The maximum atomic E-state index is 12.6. The molecule has 1 N–H and O–H groups in total. The number of amides is 1. The Hall–Kier alpha value is -2.57. The summed E-state index contributed by atoms with van der Waals surface area (Å²) in [5.74, 6) is -0.425. The van der Waals surface area contributed by atoms with E-state index in [2.05, 4.69) is 5.32 Å². The van der Waals surface area contributed by atoms with Crippen LogP contribution in [0.5, 0.6) is 0 Å². The molecule has 5 nitrogen and oxygen atoms in total. The number of hydrogen-bond acceptors (Lipinski definition) is 3. The van der Waals surface area contributed by atoms with Crippen molar-refractivity contribution in [2.45, 2.75) is 6.92 Å². The van der Waals surface area contributed by atoms with E-state index >= 15 is 0 Å². The molecule has 7 heteroatoms. The molecule has 0 fully saturated rings. The molecule has 27 heavy (non-hydrogen) atoms. The van der Waals surface area contributed by atoms with E-state index in [0.29, 0.717) is 22.0 Å². The molecule has 140 valence electrons. The van der Waals surface area contributed by atoms with Gasteiger partial charge in [-0.15, -0.1) is 0 Å². The average molecular weight is 403 g/mol. The van der Waals surface area contributed by atoms with E-state index in [1.165, 1.54) is 0 Å². The summed E-state index contributed by atoms with van der Waals surface area (Å²) in [6.07, 6.45) is 1.08. The molecule has 3 rings (SSSR count). The first-order valence-corrected chi connectivity index (χ1v) is 10.5. The molecule has 3 aromatic rings. The number of halogens is 1. The number of anilines is 2. The van der Waals surface area contributed by atoms with Crippen molar-refractivity contribution in [2.24, 2.45) is 0 Å². The van der Waals surface area contributed by atoms with Crippen LogP contribution in [0.2, 0.25) is 5.02 Å². The number of aryl methyl sites for hydroxylation is 1. The highest BCUT2D eigenvalue weighted by molar-refractivity contribution is 7.92. The van der Waals surface area contributed by atoms with Gasteiger partial charge in [-0.25, -0.2) is 8.42 Å². The van der Waals surface area contributed by atoms with Crippen molar-refractivity contribution in [1.29, 1.82) is 0 Å². The molecule has 0 aromatic heterocycles. The minimum atomic E-state index is -3.65. The SMILES string of the molecule is Cc1cc(Cl)ccc1N(CC(=O)Nc1cccc2ccccc12)S(C)(=O)=O.